The number of carbonyl (C=O) groups excluding carboxylic acids is 1. The number of hydrogen-bond acceptors (Lipinski definition) is 7. The molecule has 4 aromatic rings. The Hall–Kier alpha value is -2.60. The van der Waals surface area contributed by atoms with E-state index in [2.05, 4.69) is 20.1 Å². The molecule has 29 heavy (non-hydrogen) atoms. The van der Waals surface area contributed by atoms with E-state index >= 15 is 0 Å². The molecule has 0 bridgehead atoms. The highest BCUT2D eigenvalue weighted by Gasteiger charge is 2.15. The van der Waals surface area contributed by atoms with Crippen molar-refractivity contribution in [2.24, 2.45) is 0 Å². The molecule has 1 amide bonds. The van der Waals surface area contributed by atoms with Crippen LogP contribution in [0, 0.1) is 0 Å². The van der Waals surface area contributed by atoms with Gasteiger partial charge in [0.15, 0.2) is 5.82 Å². The fourth-order valence-corrected chi connectivity index (χ4v) is 5.27. The zero-order valence-electron chi connectivity index (χ0n) is 15.3. The zero-order valence-corrected chi connectivity index (χ0v) is 17.8. The monoisotopic (exact) mass is 447 g/mol. The third-order valence-corrected chi connectivity index (χ3v) is 7.26. The Morgan fingerprint density at radius 3 is 2.66 bits per heavy atom. The molecule has 0 aliphatic carbocycles. The summed E-state index contributed by atoms with van der Waals surface area (Å²) >= 11 is 3.05. The van der Waals surface area contributed by atoms with Crippen LogP contribution in [0.1, 0.15) is 12.6 Å². The first kappa shape index (κ1) is 19.7. The van der Waals surface area contributed by atoms with Gasteiger partial charge in [-0.1, -0.05) is 6.07 Å². The fourth-order valence-electron chi connectivity index (χ4n) is 2.72. The van der Waals surface area contributed by atoms with E-state index in [-0.39, 0.29) is 17.3 Å². The molecular formula is C18H17N5O3S3. The Bertz CT molecular complexity index is 1240. The zero-order chi connectivity index (χ0) is 20.4. The first-order valence-corrected chi connectivity index (χ1v) is 11.9. The van der Waals surface area contributed by atoms with Crippen molar-refractivity contribution in [3.63, 3.8) is 0 Å². The number of thiophene rings is 1. The summed E-state index contributed by atoms with van der Waals surface area (Å²) in [4.78, 5) is 17.5. The van der Waals surface area contributed by atoms with Gasteiger partial charge in [-0.2, -0.15) is 4.98 Å². The highest BCUT2D eigenvalue weighted by molar-refractivity contribution is 7.89. The third-order valence-electron chi connectivity index (χ3n) is 4.05. The summed E-state index contributed by atoms with van der Waals surface area (Å²) in [6.07, 6.45) is 0.483. The molecule has 0 saturated heterocycles. The van der Waals surface area contributed by atoms with Crippen LogP contribution in [0.25, 0.3) is 15.7 Å². The van der Waals surface area contributed by atoms with E-state index in [1.54, 1.807) is 28.0 Å². The van der Waals surface area contributed by atoms with Crippen molar-refractivity contribution in [1.29, 1.82) is 0 Å². The van der Waals surface area contributed by atoms with Gasteiger partial charge in [-0.25, -0.2) is 17.7 Å². The van der Waals surface area contributed by atoms with Crippen LogP contribution in [0.2, 0.25) is 0 Å². The first-order chi connectivity index (χ1) is 13.9. The van der Waals surface area contributed by atoms with E-state index in [1.165, 1.54) is 30.4 Å². The lowest BCUT2D eigenvalue weighted by molar-refractivity contribution is -0.114. The molecule has 3 aromatic heterocycles. The van der Waals surface area contributed by atoms with Crippen molar-refractivity contribution in [3.05, 3.63) is 52.9 Å². The number of benzene rings is 1. The van der Waals surface area contributed by atoms with Gasteiger partial charge in [0.25, 0.3) is 0 Å². The number of anilines is 1. The van der Waals surface area contributed by atoms with Gasteiger partial charge >= 0.3 is 0 Å². The van der Waals surface area contributed by atoms with E-state index in [1.807, 2.05) is 22.9 Å². The van der Waals surface area contributed by atoms with Gasteiger partial charge in [-0.15, -0.1) is 27.8 Å². The van der Waals surface area contributed by atoms with E-state index < -0.39 is 10.0 Å². The lowest BCUT2D eigenvalue weighted by Gasteiger charge is -2.07. The Morgan fingerprint density at radius 2 is 1.97 bits per heavy atom. The molecule has 11 heteroatoms. The number of hydrogen-bond donors (Lipinski definition) is 2. The lowest BCUT2D eigenvalue weighted by atomic mass is 10.3. The molecule has 1 aromatic carbocycles. The van der Waals surface area contributed by atoms with Crippen LogP contribution < -0.4 is 10.0 Å². The summed E-state index contributed by atoms with van der Waals surface area (Å²) in [5, 5.41) is 11.1. The highest BCUT2D eigenvalue weighted by Crippen LogP contribution is 2.24. The van der Waals surface area contributed by atoms with Crippen molar-refractivity contribution in [2.75, 3.05) is 11.9 Å². The van der Waals surface area contributed by atoms with Crippen molar-refractivity contribution >= 4 is 49.3 Å². The van der Waals surface area contributed by atoms with Crippen LogP contribution in [0.3, 0.4) is 0 Å². The maximum atomic E-state index is 12.5. The average molecular weight is 448 g/mol. The molecule has 0 unspecified atom stereocenters. The summed E-state index contributed by atoms with van der Waals surface area (Å²) in [6.45, 7) is 1.63. The third kappa shape index (κ3) is 4.37. The van der Waals surface area contributed by atoms with E-state index in [4.69, 9.17) is 0 Å². The Kier molecular flexibility index (Phi) is 5.46. The van der Waals surface area contributed by atoms with Crippen LogP contribution >= 0.6 is 22.7 Å². The predicted octanol–water partition coefficient (Wildman–Crippen LogP) is 3.00. The molecule has 2 N–H and O–H groups in total. The minimum absolute atomic E-state index is 0.141. The number of sulfonamides is 1. The SMILES string of the molecule is CC(=O)Nc1ccc(S(=O)(=O)NCCc2csc3nc(-c4cccs4)nn23)cc1. The molecule has 0 atom stereocenters. The second-order valence-corrected chi connectivity index (χ2v) is 9.74. The maximum Gasteiger partial charge on any atom is 0.240 e. The van der Waals surface area contributed by atoms with Gasteiger partial charge in [0.1, 0.15) is 0 Å². The van der Waals surface area contributed by atoms with Gasteiger partial charge in [0.2, 0.25) is 20.9 Å². The summed E-state index contributed by atoms with van der Waals surface area (Å²) in [5.74, 6) is 0.462. The van der Waals surface area contributed by atoms with Gasteiger partial charge in [0, 0.05) is 31.0 Å². The number of rotatable bonds is 7. The van der Waals surface area contributed by atoms with Crippen molar-refractivity contribution < 1.29 is 13.2 Å². The largest absolute Gasteiger partial charge is 0.326 e. The molecule has 3 heterocycles. The van der Waals surface area contributed by atoms with E-state index in [0.717, 1.165) is 15.5 Å². The Labute approximate surface area is 175 Å². The normalized spacial score (nSPS) is 11.8. The Balaban J connectivity index is 1.42. The summed E-state index contributed by atoms with van der Waals surface area (Å²) in [7, 11) is -3.65. The number of carbonyl (C=O) groups is 1. The highest BCUT2D eigenvalue weighted by atomic mass is 32.2. The second kappa shape index (κ2) is 8.03. The van der Waals surface area contributed by atoms with Gasteiger partial charge in [-0.3, -0.25) is 4.79 Å². The first-order valence-electron chi connectivity index (χ1n) is 8.67. The topological polar surface area (TPSA) is 105 Å². The molecule has 0 aliphatic heterocycles. The Morgan fingerprint density at radius 1 is 1.17 bits per heavy atom. The fraction of sp³-hybridized carbons (Fsp3) is 0.167. The van der Waals surface area contributed by atoms with Crippen LogP contribution in [0.4, 0.5) is 5.69 Å². The van der Waals surface area contributed by atoms with Gasteiger partial charge < -0.3 is 5.32 Å². The molecule has 0 radical (unpaired) electrons. The number of nitrogens with zero attached hydrogens (tertiary/aromatic N) is 3. The summed E-state index contributed by atoms with van der Waals surface area (Å²) < 4.78 is 29.3. The van der Waals surface area contributed by atoms with Crippen LogP contribution in [0.5, 0.6) is 0 Å². The van der Waals surface area contributed by atoms with Crippen LogP contribution in [-0.2, 0) is 21.2 Å². The number of aromatic nitrogens is 3. The average Bonchev–Trinajstić information content (AvgIpc) is 3.39. The number of amides is 1. The molecule has 4 rings (SSSR count). The number of nitrogens with one attached hydrogen (secondary N) is 2. The van der Waals surface area contributed by atoms with E-state index in [0.29, 0.717) is 17.9 Å². The minimum Gasteiger partial charge on any atom is -0.326 e. The van der Waals surface area contributed by atoms with Crippen LogP contribution in [0.15, 0.2) is 52.1 Å². The number of fused-ring (bicyclic) bond motifs is 1. The maximum absolute atomic E-state index is 12.5. The standard InChI is InChI=1S/C18H17N5O3S3/c1-12(24)20-13-4-6-15(7-5-13)29(25,26)19-9-8-14-11-28-18-21-17(22-23(14)18)16-3-2-10-27-16/h2-7,10-11,19H,8-9H2,1H3,(H,20,24). The van der Waals surface area contributed by atoms with Crippen molar-refractivity contribution in [2.45, 2.75) is 18.2 Å². The summed E-state index contributed by atoms with van der Waals surface area (Å²) in [5.41, 5.74) is 1.44. The lowest BCUT2D eigenvalue weighted by Crippen LogP contribution is -2.26. The summed E-state index contributed by atoms with van der Waals surface area (Å²) in [6, 6.07) is 9.95. The van der Waals surface area contributed by atoms with Gasteiger partial charge in [-0.05, 0) is 35.7 Å². The minimum atomic E-state index is -3.65. The van der Waals surface area contributed by atoms with Crippen molar-refractivity contribution in [3.8, 4) is 10.7 Å². The quantitative estimate of drug-likeness (QED) is 0.453. The number of thiazole rings is 1. The predicted molar refractivity (Wildman–Crippen MR) is 114 cm³/mol. The van der Waals surface area contributed by atoms with Gasteiger partial charge in [0.05, 0.1) is 15.5 Å². The van der Waals surface area contributed by atoms with Crippen LogP contribution in [-0.4, -0.2) is 35.5 Å². The molecular weight excluding hydrogens is 430 g/mol. The van der Waals surface area contributed by atoms with Crippen molar-refractivity contribution in [1.82, 2.24) is 19.3 Å². The molecule has 0 spiro atoms. The molecule has 0 aliphatic rings. The van der Waals surface area contributed by atoms with E-state index in [9.17, 15) is 13.2 Å². The molecule has 8 nitrogen and oxygen atoms in total. The molecule has 0 saturated carbocycles. The molecule has 150 valence electrons. The molecule has 0 fully saturated rings. The smallest absolute Gasteiger partial charge is 0.240 e. The second-order valence-electron chi connectivity index (χ2n) is 6.19.